The van der Waals surface area contributed by atoms with E-state index < -0.39 is 6.10 Å². The lowest BCUT2D eigenvalue weighted by molar-refractivity contribution is -0.115. The number of aromatic nitrogens is 2. The molecule has 3 rings (SSSR count). The van der Waals surface area contributed by atoms with E-state index in [1.807, 2.05) is 24.3 Å². The summed E-state index contributed by atoms with van der Waals surface area (Å²) in [5, 5.41) is 16.3. The van der Waals surface area contributed by atoms with E-state index in [1.54, 1.807) is 50.0 Å². The average Bonchev–Trinajstić information content (AvgIpc) is 2.92. The molecule has 198 valence electrons. The highest BCUT2D eigenvalue weighted by Gasteiger charge is 2.07. The second-order valence-electron chi connectivity index (χ2n) is 8.17. The molecule has 3 aromatic rings. The Hall–Kier alpha value is -3.57. The number of aliphatic hydroxyl groups is 1. The third kappa shape index (κ3) is 11.4. The fourth-order valence-corrected chi connectivity index (χ4v) is 3.24. The second kappa shape index (κ2) is 16.2. The third-order valence-corrected chi connectivity index (χ3v) is 5.17. The van der Waals surface area contributed by atoms with Crippen molar-refractivity contribution in [1.29, 1.82) is 0 Å². The minimum absolute atomic E-state index is 0.140. The first-order chi connectivity index (χ1) is 18.1. The van der Waals surface area contributed by atoms with Gasteiger partial charge < -0.3 is 34.7 Å². The minimum Gasteiger partial charge on any atom is -0.491 e. The summed E-state index contributed by atoms with van der Waals surface area (Å²) >= 11 is 0. The summed E-state index contributed by atoms with van der Waals surface area (Å²) in [5.41, 5.74) is 2.48. The zero-order chi connectivity index (χ0) is 26.1. The van der Waals surface area contributed by atoms with E-state index in [1.165, 1.54) is 0 Å². The van der Waals surface area contributed by atoms with Gasteiger partial charge in [-0.25, -0.2) is 0 Å². The largest absolute Gasteiger partial charge is 0.491 e. The number of nitrogens with zero attached hydrogens (tertiary/aromatic N) is 2. The number of hydrogen-bond acceptors (Lipinski definition) is 9. The van der Waals surface area contributed by atoms with E-state index in [0.29, 0.717) is 43.5 Å². The summed E-state index contributed by atoms with van der Waals surface area (Å²) in [6.07, 6.45) is 5.04. The van der Waals surface area contributed by atoms with E-state index in [4.69, 9.17) is 18.9 Å². The van der Waals surface area contributed by atoms with Gasteiger partial charge in [-0.1, -0.05) is 12.1 Å². The monoisotopic (exact) mass is 510 g/mol. The maximum atomic E-state index is 12.1. The lowest BCUT2D eigenvalue weighted by Gasteiger charge is -2.14. The number of methoxy groups -OCH3 is 1. The lowest BCUT2D eigenvalue weighted by Crippen LogP contribution is -2.32. The van der Waals surface area contributed by atoms with Gasteiger partial charge >= 0.3 is 0 Å². The van der Waals surface area contributed by atoms with Crippen LogP contribution in [0.1, 0.15) is 11.3 Å². The fraction of sp³-hybridized carbons (Fsp3) is 0.370. The van der Waals surface area contributed by atoms with Crippen LogP contribution < -0.4 is 20.1 Å². The summed E-state index contributed by atoms with van der Waals surface area (Å²) < 4.78 is 21.3. The van der Waals surface area contributed by atoms with E-state index >= 15 is 0 Å². The zero-order valence-corrected chi connectivity index (χ0v) is 21.0. The summed E-state index contributed by atoms with van der Waals surface area (Å²) in [4.78, 5) is 20.2. The highest BCUT2D eigenvalue weighted by atomic mass is 16.7. The number of rotatable bonds is 17. The predicted octanol–water partition coefficient (Wildman–Crippen LogP) is 2.23. The van der Waals surface area contributed by atoms with E-state index in [0.717, 1.165) is 17.7 Å². The van der Waals surface area contributed by atoms with Crippen LogP contribution in [0.25, 0.3) is 0 Å². The van der Waals surface area contributed by atoms with Crippen LogP contribution in [0.5, 0.6) is 11.5 Å². The van der Waals surface area contributed by atoms with Crippen LogP contribution >= 0.6 is 0 Å². The number of carbonyl (C=O) groups excluding carboxylic acids is 1. The van der Waals surface area contributed by atoms with E-state index in [-0.39, 0.29) is 25.7 Å². The second-order valence-corrected chi connectivity index (χ2v) is 8.17. The standard InChI is InChI=1S/C27H34N4O6/c1-34-14-15-35-20-37-26-8-6-25(7-9-26)36-19-24(32)18-28-11-10-21-2-4-22(5-3-21)31-27(33)16-23-17-29-12-13-30-23/h2-9,12-13,17,24,28,32H,10-11,14-16,18-20H2,1H3,(H,31,33)/t24-/m0/s1. The Morgan fingerprint density at radius 3 is 2.46 bits per heavy atom. The molecule has 3 N–H and O–H groups in total. The number of aliphatic hydroxyl groups excluding tert-OH is 1. The molecule has 0 aliphatic heterocycles. The van der Waals surface area contributed by atoms with Gasteiger partial charge in [-0.3, -0.25) is 14.8 Å². The molecule has 1 atom stereocenters. The van der Waals surface area contributed by atoms with Crippen LogP contribution in [0.3, 0.4) is 0 Å². The van der Waals surface area contributed by atoms with Crippen molar-refractivity contribution >= 4 is 11.6 Å². The number of carbonyl (C=O) groups is 1. The number of amides is 1. The van der Waals surface area contributed by atoms with Gasteiger partial charge in [0.15, 0.2) is 6.79 Å². The van der Waals surface area contributed by atoms with E-state index in [2.05, 4.69) is 20.6 Å². The van der Waals surface area contributed by atoms with Crippen LogP contribution in [0.4, 0.5) is 5.69 Å². The van der Waals surface area contributed by atoms with Crippen molar-refractivity contribution in [3.8, 4) is 11.5 Å². The molecular formula is C27H34N4O6. The number of ether oxygens (including phenoxy) is 4. The summed E-state index contributed by atoms with van der Waals surface area (Å²) in [5.74, 6) is 1.18. The smallest absolute Gasteiger partial charge is 0.230 e. The van der Waals surface area contributed by atoms with Crippen LogP contribution in [-0.4, -0.2) is 73.9 Å². The molecule has 0 aliphatic rings. The SMILES string of the molecule is COCCOCOc1ccc(OC[C@@H](O)CNCCc2ccc(NC(=O)Cc3cnccn3)cc2)cc1. The van der Waals surface area contributed by atoms with Crippen LogP contribution in [0.2, 0.25) is 0 Å². The maximum absolute atomic E-state index is 12.1. The van der Waals surface area contributed by atoms with Crippen molar-refractivity contribution in [2.75, 3.05) is 52.1 Å². The molecule has 0 saturated carbocycles. The Morgan fingerprint density at radius 2 is 1.76 bits per heavy atom. The average molecular weight is 511 g/mol. The molecule has 0 bridgehead atoms. The Kier molecular flexibility index (Phi) is 12.3. The molecule has 1 aromatic heterocycles. The Labute approximate surface area is 217 Å². The van der Waals surface area contributed by atoms with E-state index in [9.17, 15) is 9.90 Å². The molecular weight excluding hydrogens is 476 g/mol. The van der Waals surface area contributed by atoms with Gasteiger partial charge in [-0.15, -0.1) is 0 Å². The molecule has 0 saturated heterocycles. The topological polar surface area (TPSA) is 124 Å². The Morgan fingerprint density at radius 1 is 1.00 bits per heavy atom. The highest BCUT2D eigenvalue weighted by molar-refractivity contribution is 5.91. The lowest BCUT2D eigenvalue weighted by atomic mass is 10.1. The Balaban J connectivity index is 1.26. The zero-order valence-electron chi connectivity index (χ0n) is 21.0. The van der Waals surface area contributed by atoms with Gasteiger partial charge in [0, 0.05) is 37.9 Å². The molecule has 1 amide bonds. The number of anilines is 1. The molecule has 2 aromatic carbocycles. The number of benzene rings is 2. The molecule has 0 fully saturated rings. The van der Waals surface area contributed by atoms with Crippen molar-refractivity contribution in [3.05, 3.63) is 78.4 Å². The van der Waals surface area contributed by atoms with Crippen molar-refractivity contribution in [3.63, 3.8) is 0 Å². The third-order valence-electron chi connectivity index (χ3n) is 5.17. The highest BCUT2D eigenvalue weighted by Crippen LogP contribution is 2.17. The predicted molar refractivity (Wildman–Crippen MR) is 139 cm³/mol. The van der Waals surface area contributed by atoms with Crippen molar-refractivity contribution in [2.24, 2.45) is 0 Å². The van der Waals surface area contributed by atoms with Crippen LogP contribution in [0, 0.1) is 0 Å². The molecule has 0 radical (unpaired) electrons. The number of hydrogen-bond donors (Lipinski definition) is 3. The normalized spacial score (nSPS) is 11.6. The molecule has 10 heteroatoms. The first kappa shape index (κ1) is 28.0. The summed E-state index contributed by atoms with van der Waals surface area (Å²) in [7, 11) is 1.62. The summed E-state index contributed by atoms with van der Waals surface area (Å²) in [6.45, 7) is 2.44. The minimum atomic E-state index is -0.642. The fourth-order valence-electron chi connectivity index (χ4n) is 3.24. The molecule has 0 spiro atoms. The van der Waals surface area contributed by atoms with Crippen molar-refractivity contribution in [2.45, 2.75) is 18.9 Å². The van der Waals surface area contributed by atoms with Gasteiger partial charge in [-0.05, 0) is 54.9 Å². The molecule has 0 unspecified atom stereocenters. The number of nitrogens with one attached hydrogen (secondary N) is 2. The van der Waals surface area contributed by atoms with Crippen molar-refractivity contribution in [1.82, 2.24) is 15.3 Å². The van der Waals surface area contributed by atoms with Gasteiger partial charge in [0.1, 0.15) is 24.2 Å². The van der Waals surface area contributed by atoms with Crippen molar-refractivity contribution < 1.29 is 28.8 Å². The first-order valence-electron chi connectivity index (χ1n) is 12.1. The first-order valence-corrected chi connectivity index (χ1v) is 12.1. The van der Waals surface area contributed by atoms with Gasteiger partial charge in [0.05, 0.1) is 25.3 Å². The Bertz CT molecular complexity index is 1040. The van der Waals surface area contributed by atoms with Gasteiger partial charge in [0.25, 0.3) is 0 Å². The molecule has 1 heterocycles. The molecule has 10 nitrogen and oxygen atoms in total. The molecule has 0 aliphatic carbocycles. The van der Waals surface area contributed by atoms with Crippen LogP contribution in [0.15, 0.2) is 67.1 Å². The molecule has 37 heavy (non-hydrogen) atoms. The van der Waals surface area contributed by atoms with Gasteiger partial charge in [0.2, 0.25) is 5.91 Å². The maximum Gasteiger partial charge on any atom is 0.230 e. The van der Waals surface area contributed by atoms with Crippen LogP contribution in [-0.2, 0) is 27.1 Å². The summed E-state index contributed by atoms with van der Waals surface area (Å²) in [6, 6.07) is 14.8. The quantitative estimate of drug-likeness (QED) is 0.185. The van der Waals surface area contributed by atoms with Gasteiger partial charge in [-0.2, -0.15) is 0 Å².